The zero-order chi connectivity index (χ0) is 14.5. The number of aliphatic carboxylic acids is 1. The number of benzene rings is 1. The number of carbonyl (C=O) groups is 2. The lowest BCUT2D eigenvalue weighted by molar-refractivity contribution is -0.135. The van der Waals surface area contributed by atoms with Gasteiger partial charge in [-0.05, 0) is 24.3 Å². The van der Waals surface area contributed by atoms with Gasteiger partial charge in [0.15, 0.2) is 0 Å². The Morgan fingerprint density at radius 3 is 2.80 bits per heavy atom. The standard InChI is InChI=1S/C13H15N3O4/c1-20-10-2-3-11-8(5-10)4-9(16-11)6-14-13(19)15-7-12(17)18/h2-5,16H,6-7H2,1H3,(H,17,18)(H2,14,15,19). The minimum atomic E-state index is -1.09. The smallest absolute Gasteiger partial charge is 0.323 e. The maximum atomic E-state index is 11.3. The van der Waals surface area contributed by atoms with Crippen LogP contribution in [0.1, 0.15) is 5.69 Å². The number of fused-ring (bicyclic) bond motifs is 1. The zero-order valence-corrected chi connectivity index (χ0v) is 10.9. The van der Waals surface area contributed by atoms with Crippen molar-refractivity contribution in [2.45, 2.75) is 6.54 Å². The summed E-state index contributed by atoms with van der Waals surface area (Å²) in [5.41, 5.74) is 1.76. The molecule has 2 aromatic rings. The Hall–Kier alpha value is -2.70. The van der Waals surface area contributed by atoms with E-state index in [-0.39, 0.29) is 6.54 Å². The largest absolute Gasteiger partial charge is 0.497 e. The minimum Gasteiger partial charge on any atom is -0.497 e. The molecule has 4 N–H and O–H groups in total. The van der Waals surface area contributed by atoms with Crippen LogP contribution in [-0.4, -0.2) is 35.7 Å². The molecule has 7 heteroatoms. The fourth-order valence-electron chi connectivity index (χ4n) is 1.79. The summed E-state index contributed by atoms with van der Waals surface area (Å²) >= 11 is 0. The SMILES string of the molecule is COc1ccc2[nH]c(CNC(=O)NCC(=O)O)cc2c1. The van der Waals surface area contributed by atoms with Crippen LogP contribution in [-0.2, 0) is 11.3 Å². The lowest BCUT2D eigenvalue weighted by Crippen LogP contribution is -2.38. The third kappa shape index (κ3) is 3.41. The van der Waals surface area contributed by atoms with E-state index in [1.807, 2.05) is 24.3 Å². The Labute approximate surface area is 114 Å². The molecule has 0 aliphatic rings. The maximum absolute atomic E-state index is 11.3. The topological polar surface area (TPSA) is 103 Å². The first-order chi connectivity index (χ1) is 9.58. The van der Waals surface area contributed by atoms with Gasteiger partial charge in [-0.25, -0.2) is 4.79 Å². The third-order valence-corrected chi connectivity index (χ3v) is 2.72. The Morgan fingerprint density at radius 2 is 2.10 bits per heavy atom. The number of aromatic amines is 1. The van der Waals surface area contributed by atoms with E-state index in [2.05, 4.69) is 15.6 Å². The summed E-state index contributed by atoms with van der Waals surface area (Å²) in [5, 5.41) is 14.2. The molecule has 20 heavy (non-hydrogen) atoms. The van der Waals surface area contributed by atoms with Gasteiger partial charge >= 0.3 is 12.0 Å². The molecular weight excluding hydrogens is 262 g/mol. The van der Waals surface area contributed by atoms with Gasteiger partial charge in [0.25, 0.3) is 0 Å². The average Bonchev–Trinajstić information content (AvgIpc) is 2.84. The second-order valence-corrected chi connectivity index (χ2v) is 4.18. The summed E-state index contributed by atoms with van der Waals surface area (Å²) in [5.74, 6) is -0.326. The van der Waals surface area contributed by atoms with E-state index in [1.54, 1.807) is 7.11 Å². The van der Waals surface area contributed by atoms with Crippen molar-refractivity contribution in [2.75, 3.05) is 13.7 Å². The highest BCUT2D eigenvalue weighted by Crippen LogP contribution is 2.21. The number of methoxy groups -OCH3 is 1. The number of aromatic nitrogens is 1. The molecule has 0 bridgehead atoms. The summed E-state index contributed by atoms with van der Waals surface area (Å²) < 4.78 is 5.13. The molecule has 1 heterocycles. The molecule has 7 nitrogen and oxygen atoms in total. The quantitative estimate of drug-likeness (QED) is 0.656. The normalized spacial score (nSPS) is 10.2. The summed E-state index contributed by atoms with van der Waals surface area (Å²) in [4.78, 5) is 24.8. The predicted molar refractivity (Wildman–Crippen MR) is 72.7 cm³/mol. The van der Waals surface area contributed by atoms with Crippen LogP contribution in [0.25, 0.3) is 10.9 Å². The number of carboxylic acids is 1. The van der Waals surface area contributed by atoms with E-state index in [0.29, 0.717) is 0 Å². The highest BCUT2D eigenvalue weighted by atomic mass is 16.5. The van der Waals surface area contributed by atoms with E-state index >= 15 is 0 Å². The molecule has 106 valence electrons. The van der Waals surface area contributed by atoms with E-state index in [4.69, 9.17) is 9.84 Å². The first-order valence-corrected chi connectivity index (χ1v) is 5.97. The van der Waals surface area contributed by atoms with Crippen LogP contribution < -0.4 is 15.4 Å². The Balaban J connectivity index is 1.96. The monoisotopic (exact) mass is 277 g/mol. The van der Waals surface area contributed by atoms with Gasteiger partial charge in [0, 0.05) is 16.6 Å². The molecule has 0 saturated carbocycles. The maximum Gasteiger partial charge on any atom is 0.323 e. The first-order valence-electron chi connectivity index (χ1n) is 5.97. The summed E-state index contributed by atoms with van der Waals surface area (Å²) in [6.45, 7) is -0.127. The number of carbonyl (C=O) groups excluding carboxylic acids is 1. The summed E-state index contributed by atoms with van der Waals surface area (Å²) in [6, 6.07) is 7.00. The molecule has 0 fully saturated rings. The molecule has 0 aliphatic heterocycles. The van der Waals surface area contributed by atoms with Gasteiger partial charge in [0.2, 0.25) is 0 Å². The molecule has 0 saturated heterocycles. The molecule has 0 radical (unpaired) electrons. The lowest BCUT2D eigenvalue weighted by Gasteiger charge is -2.03. The first kappa shape index (κ1) is 13.7. The Kier molecular flexibility index (Phi) is 4.09. The van der Waals surface area contributed by atoms with Crippen LogP contribution in [0.5, 0.6) is 5.75 Å². The molecule has 0 spiro atoms. The van der Waals surface area contributed by atoms with E-state index < -0.39 is 18.5 Å². The number of hydrogen-bond donors (Lipinski definition) is 4. The van der Waals surface area contributed by atoms with Gasteiger partial charge < -0.3 is 25.5 Å². The minimum absolute atomic E-state index is 0.280. The molecular formula is C13H15N3O4. The average molecular weight is 277 g/mol. The number of nitrogens with one attached hydrogen (secondary N) is 3. The number of ether oxygens (including phenoxy) is 1. The van der Waals surface area contributed by atoms with Gasteiger partial charge in [-0.15, -0.1) is 0 Å². The van der Waals surface area contributed by atoms with Crippen LogP contribution in [0, 0.1) is 0 Å². The van der Waals surface area contributed by atoms with Crippen LogP contribution in [0.4, 0.5) is 4.79 Å². The number of rotatable bonds is 5. The molecule has 0 aliphatic carbocycles. The van der Waals surface area contributed by atoms with Crippen LogP contribution in [0.15, 0.2) is 24.3 Å². The fourth-order valence-corrected chi connectivity index (χ4v) is 1.79. The van der Waals surface area contributed by atoms with Gasteiger partial charge in [0.1, 0.15) is 12.3 Å². The summed E-state index contributed by atoms with van der Waals surface area (Å²) in [6.07, 6.45) is 0. The van der Waals surface area contributed by atoms with Crippen molar-refractivity contribution in [1.29, 1.82) is 0 Å². The van der Waals surface area contributed by atoms with Gasteiger partial charge in [-0.2, -0.15) is 0 Å². The van der Waals surface area contributed by atoms with Crippen molar-refractivity contribution in [1.82, 2.24) is 15.6 Å². The second-order valence-electron chi connectivity index (χ2n) is 4.18. The Morgan fingerprint density at radius 1 is 1.30 bits per heavy atom. The lowest BCUT2D eigenvalue weighted by atomic mass is 10.2. The molecule has 0 unspecified atom stereocenters. The molecule has 2 amide bonds. The zero-order valence-electron chi connectivity index (χ0n) is 10.9. The predicted octanol–water partition coefficient (Wildman–Crippen LogP) is 1.06. The number of urea groups is 1. The van der Waals surface area contributed by atoms with Gasteiger partial charge in [-0.3, -0.25) is 4.79 Å². The van der Waals surface area contributed by atoms with E-state index in [0.717, 1.165) is 22.3 Å². The van der Waals surface area contributed by atoms with Crippen molar-refractivity contribution in [2.24, 2.45) is 0 Å². The van der Waals surface area contributed by atoms with Crippen LogP contribution in [0.2, 0.25) is 0 Å². The number of carboxylic acid groups (broad SMARTS) is 1. The molecule has 1 aromatic carbocycles. The van der Waals surface area contributed by atoms with Gasteiger partial charge in [0.05, 0.1) is 13.7 Å². The third-order valence-electron chi connectivity index (χ3n) is 2.72. The summed E-state index contributed by atoms with van der Waals surface area (Å²) in [7, 11) is 1.60. The van der Waals surface area contributed by atoms with Crippen molar-refractivity contribution >= 4 is 22.9 Å². The number of amides is 2. The van der Waals surface area contributed by atoms with E-state index in [1.165, 1.54) is 0 Å². The Bertz CT molecular complexity index is 636. The van der Waals surface area contributed by atoms with Gasteiger partial charge in [-0.1, -0.05) is 0 Å². The van der Waals surface area contributed by atoms with Crippen molar-refractivity contribution < 1.29 is 19.4 Å². The van der Waals surface area contributed by atoms with E-state index in [9.17, 15) is 9.59 Å². The molecule has 2 rings (SSSR count). The number of hydrogen-bond acceptors (Lipinski definition) is 3. The molecule has 1 aromatic heterocycles. The van der Waals surface area contributed by atoms with Crippen molar-refractivity contribution in [3.05, 3.63) is 30.0 Å². The highest BCUT2D eigenvalue weighted by Gasteiger charge is 2.05. The highest BCUT2D eigenvalue weighted by molar-refractivity contribution is 5.82. The van der Waals surface area contributed by atoms with Crippen molar-refractivity contribution in [3.63, 3.8) is 0 Å². The molecule has 0 atom stereocenters. The van der Waals surface area contributed by atoms with Crippen LogP contribution in [0.3, 0.4) is 0 Å². The number of H-pyrrole nitrogens is 1. The fraction of sp³-hybridized carbons (Fsp3) is 0.231. The van der Waals surface area contributed by atoms with Crippen molar-refractivity contribution in [3.8, 4) is 5.75 Å². The van der Waals surface area contributed by atoms with Crippen LogP contribution >= 0.6 is 0 Å². The second kappa shape index (κ2) is 5.96.